The number of nitrogens with one attached hydrogen (secondary N) is 1. The minimum Gasteiger partial charge on any atom is -0.384 e. The van der Waals surface area contributed by atoms with Gasteiger partial charge in [0.1, 0.15) is 17.7 Å². The highest BCUT2D eigenvalue weighted by atomic mass is 19.1. The number of carbonyl (C=O) groups excluding carboxylic acids is 1. The van der Waals surface area contributed by atoms with Crippen molar-refractivity contribution in [1.29, 1.82) is 5.26 Å². The monoisotopic (exact) mass is 349 g/mol. The fourth-order valence-electron chi connectivity index (χ4n) is 2.66. The summed E-state index contributed by atoms with van der Waals surface area (Å²) in [5, 5.41) is 11.8. The lowest BCUT2D eigenvalue weighted by molar-refractivity contribution is -0.120. The molecule has 1 aliphatic rings. The predicted octanol–water partition coefficient (Wildman–Crippen LogP) is 2.63. The van der Waals surface area contributed by atoms with Gasteiger partial charge in [0.25, 0.3) is 5.91 Å². The zero-order valence-corrected chi connectivity index (χ0v) is 13.8. The van der Waals surface area contributed by atoms with E-state index in [0.29, 0.717) is 24.1 Å². The van der Waals surface area contributed by atoms with Crippen molar-refractivity contribution >= 4 is 17.4 Å². The number of nitriles is 1. The van der Waals surface area contributed by atoms with Crippen molar-refractivity contribution in [3.8, 4) is 6.07 Å². The first-order valence-corrected chi connectivity index (χ1v) is 7.98. The Morgan fingerprint density at radius 1 is 1.35 bits per heavy atom. The van der Waals surface area contributed by atoms with Crippen molar-refractivity contribution in [2.45, 2.75) is 18.3 Å². The predicted molar refractivity (Wildman–Crippen MR) is 95.7 cm³/mol. The first kappa shape index (κ1) is 17.3. The number of rotatable bonds is 5. The Morgan fingerprint density at radius 2 is 2.12 bits per heavy atom. The van der Waals surface area contributed by atoms with E-state index in [-0.39, 0.29) is 11.5 Å². The Balaban J connectivity index is 1.71. The van der Waals surface area contributed by atoms with Gasteiger partial charge in [-0.05, 0) is 37.1 Å². The van der Waals surface area contributed by atoms with Crippen LogP contribution in [0.3, 0.4) is 0 Å². The van der Waals surface area contributed by atoms with Crippen molar-refractivity contribution in [1.82, 2.24) is 4.98 Å². The summed E-state index contributed by atoms with van der Waals surface area (Å²) in [4.78, 5) is 20.3. The topological polar surface area (TPSA) is 104 Å². The maximum Gasteiger partial charge on any atom is 0.258 e. The average Bonchev–Trinajstić information content (AvgIpc) is 3.44. The van der Waals surface area contributed by atoms with E-state index in [2.05, 4.69) is 15.3 Å². The summed E-state index contributed by atoms with van der Waals surface area (Å²) in [5.74, 6) is -0.874. The molecular formula is C19H16FN5O. The summed E-state index contributed by atoms with van der Waals surface area (Å²) >= 11 is 0. The third kappa shape index (κ3) is 3.44. The van der Waals surface area contributed by atoms with Crippen molar-refractivity contribution < 1.29 is 9.18 Å². The van der Waals surface area contributed by atoms with Crippen molar-refractivity contribution in [3.63, 3.8) is 0 Å². The van der Waals surface area contributed by atoms with E-state index in [4.69, 9.17) is 11.0 Å². The van der Waals surface area contributed by atoms with Gasteiger partial charge in [-0.25, -0.2) is 9.37 Å². The number of halogens is 1. The number of amides is 1. The number of aliphatic imine (C=N–C) groups is 1. The highest BCUT2D eigenvalue weighted by Crippen LogP contribution is 2.50. The molecule has 1 aromatic carbocycles. The molecule has 1 fully saturated rings. The van der Waals surface area contributed by atoms with E-state index in [1.54, 1.807) is 30.3 Å². The molecule has 6 nitrogen and oxygen atoms in total. The molecule has 1 amide bonds. The summed E-state index contributed by atoms with van der Waals surface area (Å²) in [5.41, 5.74) is 5.97. The zero-order valence-electron chi connectivity index (χ0n) is 13.8. The van der Waals surface area contributed by atoms with E-state index in [9.17, 15) is 9.18 Å². The van der Waals surface area contributed by atoms with Crippen LogP contribution in [-0.4, -0.2) is 16.7 Å². The Bertz CT molecular complexity index is 941. The molecule has 0 bridgehead atoms. The van der Waals surface area contributed by atoms with Crippen molar-refractivity contribution in [3.05, 3.63) is 71.9 Å². The molecule has 1 heterocycles. The number of benzene rings is 1. The van der Waals surface area contributed by atoms with Crippen LogP contribution >= 0.6 is 0 Å². The Labute approximate surface area is 149 Å². The maximum atomic E-state index is 14.0. The highest BCUT2D eigenvalue weighted by Gasteiger charge is 2.52. The number of hydrogen-bond donors (Lipinski definition) is 2. The van der Waals surface area contributed by atoms with E-state index in [1.165, 1.54) is 24.5 Å². The number of pyridine rings is 1. The Hall–Kier alpha value is -3.53. The summed E-state index contributed by atoms with van der Waals surface area (Å²) in [7, 11) is 0. The van der Waals surface area contributed by atoms with Crippen LogP contribution in [0.25, 0.3) is 0 Å². The fourth-order valence-corrected chi connectivity index (χ4v) is 2.66. The average molecular weight is 349 g/mol. The summed E-state index contributed by atoms with van der Waals surface area (Å²) < 4.78 is 14.0. The molecule has 0 spiro atoms. The lowest BCUT2D eigenvalue weighted by Crippen LogP contribution is -2.23. The smallest absolute Gasteiger partial charge is 0.258 e. The minimum absolute atomic E-state index is 0.00693. The maximum absolute atomic E-state index is 14.0. The molecule has 0 unspecified atom stereocenters. The molecule has 1 aromatic heterocycles. The van der Waals surface area contributed by atoms with E-state index < -0.39 is 17.1 Å². The molecule has 1 aliphatic carbocycles. The second-order valence-corrected chi connectivity index (χ2v) is 5.89. The first-order chi connectivity index (χ1) is 12.6. The number of nitrogens with two attached hydrogens (primary N) is 1. The number of aromatic nitrogens is 1. The second kappa shape index (κ2) is 7.15. The molecule has 130 valence electrons. The van der Waals surface area contributed by atoms with Gasteiger partial charge in [-0.1, -0.05) is 18.2 Å². The molecule has 0 radical (unpaired) electrons. The fraction of sp³-hybridized carbons (Fsp3) is 0.158. The van der Waals surface area contributed by atoms with Crippen LogP contribution in [0.2, 0.25) is 0 Å². The highest BCUT2D eigenvalue weighted by molar-refractivity contribution is 6.04. The number of nitrogens with zero attached hydrogens (tertiary/aromatic N) is 3. The molecule has 1 saturated carbocycles. The van der Waals surface area contributed by atoms with Crippen LogP contribution in [-0.2, 0) is 10.2 Å². The molecule has 26 heavy (non-hydrogen) atoms. The van der Waals surface area contributed by atoms with Crippen molar-refractivity contribution in [2.75, 3.05) is 5.32 Å². The number of amidine groups is 1. The van der Waals surface area contributed by atoms with Crippen LogP contribution in [0.15, 0.2) is 59.9 Å². The number of carbonyl (C=O) groups is 1. The van der Waals surface area contributed by atoms with Gasteiger partial charge >= 0.3 is 0 Å². The van der Waals surface area contributed by atoms with Gasteiger partial charge in [0.05, 0.1) is 11.1 Å². The van der Waals surface area contributed by atoms with Crippen LogP contribution < -0.4 is 11.1 Å². The number of hydrogen-bond acceptors (Lipinski definition) is 4. The largest absolute Gasteiger partial charge is 0.384 e. The normalized spacial score (nSPS) is 15.5. The molecule has 2 aromatic rings. The zero-order chi connectivity index (χ0) is 18.6. The lowest BCUT2D eigenvalue weighted by Gasteiger charge is -2.12. The van der Waals surface area contributed by atoms with E-state index in [0.717, 1.165) is 0 Å². The lowest BCUT2D eigenvalue weighted by atomic mass is 9.94. The summed E-state index contributed by atoms with van der Waals surface area (Å²) in [6.45, 7) is 0. The van der Waals surface area contributed by atoms with Crippen LogP contribution in [0.1, 0.15) is 24.1 Å². The summed E-state index contributed by atoms with van der Waals surface area (Å²) in [6.07, 6.45) is 5.48. The first-order valence-electron chi connectivity index (χ1n) is 7.98. The summed E-state index contributed by atoms with van der Waals surface area (Å²) in [6, 6.07) is 11.5. The molecule has 0 saturated heterocycles. The van der Waals surface area contributed by atoms with Gasteiger partial charge in [0.15, 0.2) is 5.69 Å². The molecule has 3 rings (SSSR count). The van der Waals surface area contributed by atoms with Crippen LogP contribution in [0, 0.1) is 17.1 Å². The van der Waals surface area contributed by atoms with Crippen molar-refractivity contribution in [2.24, 2.45) is 10.7 Å². The minimum atomic E-state index is -0.908. The van der Waals surface area contributed by atoms with Gasteiger partial charge in [0.2, 0.25) is 0 Å². The van der Waals surface area contributed by atoms with Gasteiger partial charge < -0.3 is 11.1 Å². The number of anilines is 1. The third-order valence-corrected chi connectivity index (χ3v) is 4.19. The molecule has 0 aliphatic heterocycles. The van der Waals surface area contributed by atoms with Gasteiger partial charge in [-0.15, -0.1) is 0 Å². The molecular weight excluding hydrogens is 333 g/mol. The van der Waals surface area contributed by atoms with Gasteiger partial charge in [0, 0.05) is 18.0 Å². The van der Waals surface area contributed by atoms with Gasteiger partial charge in [-0.2, -0.15) is 10.3 Å². The van der Waals surface area contributed by atoms with Crippen LogP contribution in [0.5, 0.6) is 0 Å². The molecule has 0 atom stereocenters. The molecule has 7 heteroatoms. The quantitative estimate of drug-likeness (QED) is 0.638. The van der Waals surface area contributed by atoms with Crippen LogP contribution in [0.4, 0.5) is 10.1 Å². The van der Waals surface area contributed by atoms with Gasteiger partial charge in [-0.3, -0.25) is 4.79 Å². The second-order valence-electron chi connectivity index (χ2n) is 5.89. The SMILES string of the molecule is N#Cc1ncccc1N/C=C\C(N)=NC(=O)C1(c2ccccc2F)CC1. The van der Waals surface area contributed by atoms with E-state index >= 15 is 0 Å². The molecule has 3 N–H and O–H groups in total. The standard InChI is InChI=1S/C19H16FN5O/c20-14-5-2-1-4-13(14)19(8-9-19)18(26)25-17(22)7-11-24-15-6-3-10-23-16(15)12-21/h1-7,10-11,24H,8-9H2,(H2,22,25,26)/b11-7-. The Morgan fingerprint density at radius 3 is 2.81 bits per heavy atom. The third-order valence-electron chi connectivity index (χ3n) is 4.19. The van der Waals surface area contributed by atoms with E-state index in [1.807, 2.05) is 6.07 Å². The Kier molecular flexibility index (Phi) is 4.76.